The van der Waals surface area contributed by atoms with Gasteiger partial charge in [-0.15, -0.1) is 11.3 Å². The average Bonchev–Trinajstić information content (AvgIpc) is 2.80. The quantitative estimate of drug-likeness (QED) is 0.757. The van der Waals surface area contributed by atoms with E-state index in [9.17, 15) is 4.39 Å². The predicted molar refractivity (Wildman–Crippen MR) is 58.0 cm³/mol. The van der Waals surface area contributed by atoms with Crippen molar-refractivity contribution in [2.45, 2.75) is 25.3 Å². The summed E-state index contributed by atoms with van der Waals surface area (Å²) in [5.41, 5.74) is 1.34. The Labute approximate surface area is 87.6 Å². The summed E-state index contributed by atoms with van der Waals surface area (Å²) >= 11 is 1.49. The molecule has 1 nitrogen and oxygen atoms in total. The topological polar surface area (TPSA) is 12.0 Å². The van der Waals surface area contributed by atoms with E-state index in [1.807, 2.05) is 12.4 Å². The molecule has 0 aromatic carbocycles. The van der Waals surface area contributed by atoms with E-state index in [0.717, 1.165) is 17.7 Å². The number of hydrogen-bond acceptors (Lipinski definition) is 2. The van der Waals surface area contributed by atoms with Crippen LogP contribution in [0, 0.1) is 5.82 Å². The van der Waals surface area contributed by atoms with Crippen LogP contribution in [0.4, 0.5) is 4.39 Å². The van der Waals surface area contributed by atoms with Crippen molar-refractivity contribution in [2.75, 3.05) is 7.05 Å². The van der Waals surface area contributed by atoms with Gasteiger partial charge >= 0.3 is 0 Å². The number of nitrogens with one attached hydrogen (secondary N) is 1. The lowest BCUT2D eigenvalue weighted by Crippen LogP contribution is -2.17. The van der Waals surface area contributed by atoms with E-state index in [0.29, 0.717) is 0 Å². The Hall–Kier alpha value is -0.670. The smallest absolute Gasteiger partial charge is 0.139 e. The lowest BCUT2D eigenvalue weighted by molar-refractivity contribution is 0.579. The molecule has 76 valence electrons. The molecule has 0 bridgehead atoms. The van der Waals surface area contributed by atoms with Crippen LogP contribution >= 0.6 is 11.3 Å². The standard InChI is InChI=1S/C11H14FNS/c1-13-10(8-4-2-3-5-8)11-9(12)6-7-14-11/h4,6-7,10,13H,2-3,5H2,1H3. The van der Waals surface area contributed by atoms with Gasteiger partial charge in [-0.05, 0) is 37.8 Å². The Kier molecular flexibility index (Phi) is 2.99. The minimum atomic E-state index is -0.0813. The molecule has 1 aromatic heterocycles. The molecule has 0 saturated carbocycles. The maximum Gasteiger partial charge on any atom is 0.139 e. The lowest BCUT2D eigenvalue weighted by atomic mass is 10.1. The molecule has 1 aromatic rings. The average molecular weight is 211 g/mol. The van der Waals surface area contributed by atoms with E-state index >= 15 is 0 Å². The van der Waals surface area contributed by atoms with Crippen molar-refractivity contribution in [2.24, 2.45) is 0 Å². The van der Waals surface area contributed by atoms with Crippen LogP contribution in [0.1, 0.15) is 30.2 Å². The van der Waals surface area contributed by atoms with Gasteiger partial charge in [0.2, 0.25) is 0 Å². The van der Waals surface area contributed by atoms with E-state index in [1.165, 1.54) is 23.3 Å². The first kappa shape index (κ1) is 9.87. The van der Waals surface area contributed by atoms with Gasteiger partial charge in [-0.2, -0.15) is 0 Å². The molecule has 14 heavy (non-hydrogen) atoms. The second kappa shape index (κ2) is 4.24. The van der Waals surface area contributed by atoms with Crippen LogP contribution in [0.2, 0.25) is 0 Å². The van der Waals surface area contributed by atoms with Crippen LogP contribution in [0.25, 0.3) is 0 Å². The Morgan fingerprint density at radius 1 is 1.57 bits per heavy atom. The largest absolute Gasteiger partial charge is 0.309 e. The molecular weight excluding hydrogens is 197 g/mol. The highest BCUT2D eigenvalue weighted by Crippen LogP contribution is 2.34. The first-order valence-electron chi connectivity index (χ1n) is 4.92. The predicted octanol–water partition coefficient (Wildman–Crippen LogP) is 3.26. The molecule has 1 aliphatic rings. The number of likely N-dealkylation sites (N-methyl/N-ethyl adjacent to an activating group) is 1. The third-order valence-electron chi connectivity index (χ3n) is 2.64. The van der Waals surface area contributed by atoms with Gasteiger partial charge < -0.3 is 5.32 Å². The highest BCUT2D eigenvalue weighted by Gasteiger charge is 2.21. The van der Waals surface area contributed by atoms with Crippen LogP contribution < -0.4 is 5.32 Å². The van der Waals surface area contributed by atoms with Crippen molar-refractivity contribution in [1.82, 2.24) is 5.32 Å². The van der Waals surface area contributed by atoms with Crippen LogP contribution in [0.5, 0.6) is 0 Å². The fourth-order valence-electron chi connectivity index (χ4n) is 1.95. The summed E-state index contributed by atoms with van der Waals surface area (Å²) in [4.78, 5) is 0.820. The number of allylic oxidation sites excluding steroid dienone is 1. The molecule has 1 N–H and O–H groups in total. The SMILES string of the molecule is CNC(C1=CCCC1)c1sccc1F. The number of rotatable bonds is 3. The van der Waals surface area contributed by atoms with Crippen LogP contribution in [-0.4, -0.2) is 7.05 Å². The highest BCUT2D eigenvalue weighted by atomic mass is 32.1. The summed E-state index contributed by atoms with van der Waals surface area (Å²) in [6.07, 6.45) is 5.68. The van der Waals surface area contributed by atoms with E-state index in [4.69, 9.17) is 0 Å². The Morgan fingerprint density at radius 2 is 2.43 bits per heavy atom. The van der Waals surface area contributed by atoms with E-state index in [1.54, 1.807) is 6.07 Å². The molecule has 1 aliphatic carbocycles. The van der Waals surface area contributed by atoms with Crippen LogP contribution in [0.3, 0.4) is 0 Å². The molecule has 0 fully saturated rings. The maximum atomic E-state index is 13.4. The second-order valence-corrected chi connectivity index (χ2v) is 4.47. The summed E-state index contributed by atoms with van der Waals surface area (Å²) in [6.45, 7) is 0. The first-order chi connectivity index (χ1) is 6.83. The lowest BCUT2D eigenvalue weighted by Gasteiger charge is -2.16. The highest BCUT2D eigenvalue weighted by molar-refractivity contribution is 7.10. The van der Waals surface area contributed by atoms with Crippen molar-refractivity contribution in [3.63, 3.8) is 0 Å². The molecule has 0 spiro atoms. The number of thiophene rings is 1. The fraction of sp³-hybridized carbons (Fsp3) is 0.455. The van der Waals surface area contributed by atoms with Gasteiger partial charge in [-0.1, -0.05) is 11.6 Å². The summed E-state index contributed by atoms with van der Waals surface area (Å²) in [7, 11) is 1.89. The fourth-order valence-corrected chi connectivity index (χ4v) is 2.87. The Morgan fingerprint density at radius 3 is 2.93 bits per heavy atom. The molecular formula is C11H14FNS. The minimum absolute atomic E-state index is 0.0813. The molecule has 1 unspecified atom stereocenters. The molecule has 1 atom stereocenters. The van der Waals surface area contributed by atoms with Crippen molar-refractivity contribution in [3.05, 3.63) is 33.8 Å². The molecule has 0 aliphatic heterocycles. The zero-order valence-corrected chi connectivity index (χ0v) is 9.03. The molecule has 0 radical (unpaired) electrons. The van der Waals surface area contributed by atoms with E-state index in [2.05, 4.69) is 11.4 Å². The van der Waals surface area contributed by atoms with Crippen molar-refractivity contribution < 1.29 is 4.39 Å². The number of halogens is 1. The van der Waals surface area contributed by atoms with E-state index < -0.39 is 0 Å². The van der Waals surface area contributed by atoms with Gasteiger partial charge in [0.15, 0.2) is 0 Å². The molecule has 1 heterocycles. The van der Waals surface area contributed by atoms with Gasteiger partial charge in [0.05, 0.1) is 10.9 Å². The van der Waals surface area contributed by atoms with Crippen molar-refractivity contribution in [3.8, 4) is 0 Å². The first-order valence-corrected chi connectivity index (χ1v) is 5.80. The monoisotopic (exact) mass is 211 g/mol. The van der Waals surface area contributed by atoms with Gasteiger partial charge in [0, 0.05) is 0 Å². The van der Waals surface area contributed by atoms with Crippen molar-refractivity contribution >= 4 is 11.3 Å². The normalized spacial score (nSPS) is 18.3. The third kappa shape index (κ3) is 1.74. The van der Waals surface area contributed by atoms with E-state index in [-0.39, 0.29) is 11.9 Å². The molecule has 0 amide bonds. The summed E-state index contributed by atoms with van der Waals surface area (Å²) in [6, 6.07) is 1.64. The Balaban J connectivity index is 2.25. The molecule has 2 rings (SSSR count). The van der Waals surface area contributed by atoms with Crippen LogP contribution in [0.15, 0.2) is 23.1 Å². The van der Waals surface area contributed by atoms with Gasteiger partial charge in [0.25, 0.3) is 0 Å². The minimum Gasteiger partial charge on any atom is -0.309 e. The van der Waals surface area contributed by atoms with Crippen LogP contribution in [-0.2, 0) is 0 Å². The molecule has 3 heteroatoms. The summed E-state index contributed by atoms with van der Waals surface area (Å²) in [5.74, 6) is -0.0813. The van der Waals surface area contributed by atoms with Gasteiger partial charge in [0.1, 0.15) is 5.82 Å². The zero-order valence-electron chi connectivity index (χ0n) is 8.22. The molecule has 0 saturated heterocycles. The third-order valence-corrected chi connectivity index (χ3v) is 3.60. The second-order valence-electron chi connectivity index (χ2n) is 3.53. The number of hydrogen-bond donors (Lipinski definition) is 1. The summed E-state index contributed by atoms with van der Waals surface area (Å²) < 4.78 is 13.4. The Bertz CT molecular complexity index is 343. The van der Waals surface area contributed by atoms with Gasteiger partial charge in [-0.25, -0.2) is 4.39 Å². The van der Waals surface area contributed by atoms with Gasteiger partial charge in [-0.3, -0.25) is 0 Å². The zero-order chi connectivity index (χ0) is 9.97. The maximum absolute atomic E-state index is 13.4. The van der Waals surface area contributed by atoms with Crippen molar-refractivity contribution in [1.29, 1.82) is 0 Å². The summed E-state index contributed by atoms with van der Waals surface area (Å²) in [5, 5.41) is 5.00.